The Hall–Kier alpha value is -3.68. The molecule has 2 aromatic heterocycles. The number of carbonyl (C=O) groups is 1. The summed E-state index contributed by atoms with van der Waals surface area (Å²) in [5.41, 5.74) is 0.814. The number of anilines is 1. The smallest absolute Gasteiger partial charge is 0.326 e. The average molecular weight is 419 g/mol. The highest BCUT2D eigenvalue weighted by atomic mass is 16.2. The Balaban J connectivity index is 1.43. The molecule has 0 bridgehead atoms. The first kappa shape index (κ1) is 20.6. The van der Waals surface area contributed by atoms with E-state index in [0.29, 0.717) is 12.5 Å². The minimum atomic E-state index is -0.713. The lowest BCUT2D eigenvalue weighted by molar-refractivity contribution is 0.0921. The summed E-state index contributed by atoms with van der Waals surface area (Å²) in [4.78, 5) is 45.7. The first-order valence-electron chi connectivity index (χ1n) is 10.5. The maximum atomic E-state index is 12.9. The van der Waals surface area contributed by atoms with Gasteiger partial charge in [-0.05, 0) is 48.8 Å². The number of nitrogens with one attached hydrogen (secondary N) is 4. The molecule has 0 saturated heterocycles. The van der Waals surface area contributed by atoms with Crippen LogP contribution in [0.4, 0.5) is 5.69 Å². The number of carbonyl (C=O) groups excluding carboxylic acids is 1. The van der Waals surface area contributed by atoms with Gasteiger partial charge in [-0.3, -0.25) is 19.6 Å². The normalized spacial score (nSPS) is 18.3. The van der Waals surface area contributed by atoms with Gasteiger partial charge in [0.05, 0.1) is 0 Å². The predicted molar refractivity (Wildman–Crippen MR) is 118 cm³/mol. The van der Waals surface area contributed by atoms with Crippen LogP contribution in [0, 0.1) is 0 Å². The predicted octanol–water partition coefficient (Wildman–Crippen LogP) is 2.53. The first-order valence-corrected chi connectivity index (χ1v) is 10.5. The monoisotopic (exact) mass is 419 g/mol. The van der Waals surface area contributed by atoms with Gasteiger partial charge in [0.2, 0.25) is 0 Å². The van der Waals surface area contributed by atoms with Crippen molar-refractivity contribution in [3.8, 4) is 0 Å². The summed E-state index contributed by atoms with van der Waals surface area (Å²) < 4.78 is 0. The molecular weight excluding hydrogens is 394 g/mol. The van der Waals surface area contributed by atoms with Crippen molar-refractivity contribution in [2.45, 2.75) is 44.2 Å². The Morgan fingerprint density at radius 3 is 2.48 bits per heavy atom. The number of amides is 1. The lowest BCUT2D eigenvalue weighted by Crippen LogP contribution is -2.40. The van der Waals surface area contributed by atoms with Gasteiger partial charge < -0.3 is 15.6 Å². The van der Waals surface area contributed by atoms with Crippen LogP contribution in [-0.4, -0.2) is 26.9 Å². The molecule has 1 aromatic carbocycles. The van der Waals surface area contributed by atoms with Gasteiger partial charge in [0.15, 0.2) is 0 Å². The van der Waals surface area contributed by atoms with Crippen molar-refractivity contribution in [2.24, 2.45) is 0 Å². The fourth-order valence-electron chi connectivity index (χ4n) is 4.07. The average Bonchev–Trinajstić information content (AvgIpc) is 2.80. The van der Waals surface area contributed by atoms with Crippen LogP contribution in [0.5, 0.6) is 0 Å². The Morgan fingerprint density at radius 1 is 1.00 bits per heavy atom. The quantitative estimate of drug-likeness (QED) is 0.489. The van der Waals surface area contributed by atoms with Crippen LogP contribution in [0.3, 0.4) is 0 Å². The topological polar surface area (TPSA) is 120 Å². The Morgan fingerprint density at radius 2 is 1.77 bits per heavy atom. The van der Waals surface area contributed by atoms with Crippen molar-refractivity contribution >= 4 is 11.6 Å². The number of benzene rings is 1. The highest BCUT2D eigenvalue weighted by Crippen LogP contribution is 2.32. The second-order valence-electron chi connectivity index (χ2n) is 7.81. The van der Waals surface area contributed by atoms with Crippen LogP contribution < -0.4 is 21.9 Å². The third-order valence-electron chi connectivity index (χ3n) is 5.70. The lowest BCUT2D eigenvalue weighted by Gasteiger charge is -2.29. The van der Waals surface area contributed by atoms with E-state index in [1.54, 1.807) is 18.5 Å². The van der Waals surface area contributed by atoms with Crippen LogP contribution in [0.2, 0.25) is 0 Å². The van der Waals surface area contributed by atoms with Crippen molar-refractivity contribution in [3.05, 3.63) is 92.5 Å². The number of H-pyrrole nitrogens is 2. The second kappa shape index (κ2) is 9.42. The SMILES string of the molecule is O=C(N[C@H]1CC[C@@H](c2ccccc2)CC1)c1[nH]c(=O)[nH]c(=O)c1NCc1cccnc1. The summed E-state index contributed by atoms with van der Waals surface area (Å²) in [7, 11) is 0. The Bertz CT molecular complexity index is 1130. The van der Waals surface area contributed by atoms with Crippen molar-refractivity contribution in [1.29, 1.82) is 0 Å². The minimum Gasteiger partial charge on any atom is -0.375 e. The molecule has 2 heterocycles. The van der Waals surface area contributed by atoms with Gasteiger partial charge >= 0.3 is 5.69 Å². The molecule has 0 spiro atoms. The van der Waals surface area contributed by atoms with E-state index >= 15 is 0 Å². The highest BCUT2D eigenvalue weighted by Gasteiger charge is 2.25. The molecule has 0 radical (unpaired) electrons. The summed E-state index contributed by atoms with van der Waals surface area (Å²) >= 11 is 0. The fraction of sp³-hybridized carbons (Fsp3) is 0.304. The third-order valence-corrected chi connectivity index (χ3v) is 5.70. The molecule has 1 aliphatic rings. The summed E-state index contributed by atoms with van der Waals surface area (Å²) in [6.45, 7) is 0.297. The number of aromatic nitrogens is 3. The van der Waals surface area contributed by atoms with Crippen LogP contribution in [0.1, 0.15) is 53.2 Å². The number of hydrogen-bond donors (Lipinski definition) is 4. The maximum Gasteiger partial charge on any atom is 0.326 e. The minimum absolute atomic E-state index is 0.00132. The zero-order chi connectivity index (χ0) is 21.6. The molecule has 4 N–H and O–H groups in total. The standard InChI is InChI=1S/C23H25N5O3/c29-21-19(25-14-15-5-4-12-24-13-15)20(27-23(31)28-21)22(30)26-18-10-8-17(9-11-18)16-6-2-1-3-7-16/h1-7,12-13,17-18,25H,8-11,14H2,(H,26,30)(H2,27,28,29,31)/t17-,18+. The summed E-state index contributed by atoms with van der Waals surface area (Å²) in [5.74, 6) is 0.0329. The molecule has 1 fully saturated rings. The molecule has 1 saturated carbocycles. The summed E-state index contributed by atoms with van der Waals surface area (Å²) in [5, 5.41) is 5.94. The molecule has 4 rings (SSSR count). The van der Waals surface area contributed by atoms with E-state index in [0.717, 1.165) is 31.2 Å². The van der Waals surface area contributed by atoms with E-state index in [1.165, 1.54) is 5.56 Å². The molecule has 160 valence electrons. The number of pyridine rings is 1. The molecule has 8 nitrogen and oxygen atoms in total. The van der Waals surface area contributed by atoms with Crippen LogP contribution in [-0.2, 0) is 6.54 Å². The van der Waals surface area contributed by atoms with Gasteiger partial charge in [0, 0.05) is 25.0 Å². The van der Waals surface area contributed by atoms with E-state index in [9.17, 15) is 14.4 Å². The lowest BCUT2D eigenvalue weighted by atomic mass is 9.82. The van der Waals surface area contributed by atoms with Gasteiger partial charge in [-0.25, -0.2) is 4.79 Å². The fourth-order valence-corrected chi connectivity index (χ4v) is 4.07. The van der Waals surface area contributed by atoms with E-state index in [2.05, 4.69) is 37.7 Å². The Labute approximate surface area is 179 Å². The molecule has 8 heteroatoms. The van der Waals surface area contributed by atoms with Crippen LogP contribution in [0.25, 0.3) is 0 Å². The van der Waals surface area contributed by atoms with Crippen molar-refractivity contribution in [1.82, 2.24) is 20.3 Å². The zero-order valence-electron chi connectivity index (χ0n) is 17.1. The van der Waals surface area contributed by atoms with Crippen LogP contribution in [0.15, 0.2) is 64.4 Å². The molecular formula is C23H25N5O3. The molecule has 0 aliphatic heterocycles. The van der Waals surface area contributed by atoms with E-state index in [-0.39, 0.29) is 17.4 Å². The van der Waals surface area contributed by atoms with E-state index in [4.69, 9.17) is 0 Å². The maximum absolute atomic E-state index is 12.9. The molecule has 1 amide bonds. The number of nitrogens with zero attached hydrogens (tertiary/aromatic N) is 1. The summed E-state index contributed by atoms with van der Waals surface area (Å²) in [6.07, 6.45) is 6.97. The number of aromatic amines is 2. The highest BCUT2D eigenvalue weighted by molar-refractivity contribution is 5.97. The zero-order valence-corrected chi connectivity index (χ0v) is 17.1. The van der Waals surface area contributed by atoms with Gasteiger partial charge in [0.1, 0.15) is 11.4 Å². The largest absolute Gasteiger partial charge is 0.375 e. The van der Waals surface area contributed by atoms with E-state index < -0.39 is 17.2 Å². The van der Waals surface area contributed by atoms with Crippen molar-refractivity contribution in [3.63, 3.8) is 0 Å². The van der Waals surface area contributed by atoms with Crippen molar-refractivity contribution in [2.75, 3.05) is 5.32 Å². The number of rotatable bonds is 6. The van der Waals surface area contributed by atoms with Gasteiger partial charge in [-0.15, -0.1) is 0 Å². The second-order valence-corrected chi connectivity index (χ2v) is 7.81. The summed E-state index contributed by atoms with van der Waals surface area (Å²) in [6, 6.07) is 14.0. The number of hydrogen-bond acceptors (Lipinski definition) is 5. The van der Waals surface area contributed by atoms with Crippen molar-refractivity contribution < 1.29 is 4.79 Å². The van der Waals surface area contributed by atoms with Gasteiger partial charge in [0.25, 0.3) is 11.5 Å². The third kappa shape index (κ3) is 5.09. The molecule has 3 aromatic rings. The van der Waals surface area contributed by atoms with Gasteiger partial charge in [-0.1, -0.05) is 36.4 Å². The van der Waals surface area contributed by atoms with Gasteiger partial charge in [-0.2, -0.15) is 0 Å². The van der Waals surface area contributed by atoms with E-state index in [1.807, 2.05) is 24.3 Å². The molecule has 0 atom stereocenters. The molecule has 1 aliphatic carbocycles. The van der Waals surface area contributed by atoms with Crippen LogP contribution >= 0.6 is 0 Å². The Kier molecular flexibility index (Phi) is 6.26. The molecule has 0 unspecified atom stereocenters. The molecule has 31 heavy (non-hydrogen) atoms. The first-order chi connectivity index (χ1) is 15.1.